The summed E-state index contributed by atoms with van der Waals surface area (Å²) in [5.41, 5.74) is 2.90. The molecule has 0 atom stereocenters. The first-order valence-electron chi connectivity index (χ1n) is 6.34. The fourth-order valence-electron chi connectivity index (χ4n) is 2.02. The van der Waals surface area contributed by atoms with Gasteiger partial charge in [0.2, 0.25) is 0 Å². The first-order chi connectivity index (χ1) is 9.25. The van der Waals surface area contributed by atoms with Crippen LogP contribution < -0.4 is 5.32 Å². The van der Waals surface area contributed by atoms with Crippen molar-refractivity contribution in [1.29, 1.82) is 0 Å². The van der Waals surface area contributed by atoms with Crippen molar-refractivity contribution in [3.8, 4) is 11.3 Å². The first-order valence-corrected chi connectivity index (χ1v) is 6.34. The Labute approximate surface area is 111 Å². The fraction of sp³-hybridized carbons (Fsp3) is 0.286. The van der Waals surface area contributed by atoms with Crippen LogP contribution in [0.5, 0.6) is 0 Å². The summed E-state index contributed by atoms with van der Waals surface area (Å²) in [6.45, 7) is 4.90. The lowest BCUT2D eigenvalue weighted by Gasteiger charge is -2.06. The molecule has 0 aromatic carbocycles. The molecule has 0 saturated heterocycles. The average Bonchev–Trinajstić information content (AvgIpc) is 3.02. The molecule has 3 heterocycles. The predicted molar refractivity (Wildman–Crippen MR) is 72.7 cm³/mol. The van der Waals surface area contributed by atoms with Gasteiger partial charge in [-0.2, -0.15) is 5.10 Å². The summed E-state index contributed by atoms with van der Waals surface area (Å²) in [5, 5.41) is 7.67. The van der Waals surface area contributed by atoms with Crippen molar-refractivity contribution < 1.29 is 4.42 Å². The number of nitrogens with zero attached hydrogens (tertiary/aromatic N) is 3. The molecule has 98 valence electrons. The van der Waals surface area contributed by atoms with Gasteiger partial charge in [-0.1, -0.05) is 19.9 Å². The van der Waals surface area contributed by atoms with Crippen molar-refractivity contribution in [2.24, 2.45) is 0 Å². The molecule has 3 rings (SSSR count). The maximum atomic E-state index is 5.54. The highest BCUT2D eigenvalue weighted by molar-refractivity contribution is 5.77. The van der Waals surface area contributed by atoms with Crippen LogP contribution in [0, 0.1) is 0 Å². The van der Waals surface area contributed by atoms with Crippen LogP contribution in [0.1, 0.15) is 19.5 Å². The standard InChI is InChI=1S/C14H16N4O/c1-10(2)15-8-12-14(19-9-16-12)11-7-17-18-6-4-3-5-13(11)18/h3-7,9-10,15H,8H2,1-2H3. The molecule has 5 heteroatoms. The van der Waals surface area contributed by atoms with Crippen LogP contribution in [0.2, 0.25) is 0 Å². The second-order valence-corrected chi connectivity index (χ2v) is 4.75. The lowest BCUT2D eigenvalue weighted by Crippen LogP contribution is -2.22. The average molecular weight is 256 g/mol. The van der Waals surface area contributed by atoms with E-state index in [1.165, 1.54) is 6.39 Å². The van der Waals surface area contributed by atoms with E-state index in [0.717, 1.165) is 22.5 Å². The van der Waals surface area contributed by atoms with Gasteiger partial charge in [-0.05, 0) is 12.1 Å². The molecule has 5 nitrogen and oxygen atoms in total. The minimum Gasteiger partial charge on any atom is -0.443 e. The van der Waals surface area contributed by atoms with Crippen molar-refractivity contribution in [3.05, 3.63) is 42.7 Å². The lowest BCUT2D eigenvalue weighted by molar-refractivity contribution is 0.563. The van der Waals surface area contributed by atoms with Gasteiger partial charge >= 0.3 is 0 Å². The third kappa shape index (κ3) is 2.24. The predicted octanol–water partition coefficient (Wildman–Crippen LogP) is 2.49. The monoisotopic (exact) mass is 256 g/mol. The highest BCUT2D eigenvalue weighted by Crippen LogP contribution is 2.27. The van der Waals surface area contributed by atoms with Gasteiger partial charge in [0.15, 0.2) is 12.2 Å². The summed E-state index contributed by atoms with van der Waals surface area (Å²) in [5.74, 6) is 0.786. The van der Waals surface area contributed by atoms with Crippen LogP contribution in [0.25, 0.3) is 16.8 Å². The molecule has 3 aromatic rings. The van der Waals surface area contributed by atoms with E-state index in [2.05, 4.69) is 29.2 Å². The van der Waals surface area contributed by atoms with Crippen molar-refractivity contribution in [1.82, 2.24) is 19.9 Å². The summed E-state index contributed by atoms with van der Waals surface area (Å²) in [7, 11) is 0. The molecule has 0 aliphatic carbocycles. The second kappa shape index (κ2) is 4.85. The van der Waals surface area contributed by atoms with Crippen LogP contribution >= 0.6 is 0 Å². The Morgan fingerprint density at radius 3 is 3.11 bits per heavy atom. The van der Waals surface area contributed by atoms with Crippen LogP contribution in [0.4, 0.5) is 0 Å². The van der Waals surface area contributed by atoms with Gasteiger partial charge in [-0.3, -0.25) is 0 Å². The number of aromatic nitrogens is 3. The Morgan fingerprint density at radius 1 is 1.37 bits per heavy atom. The maximum absolute atomic E-state index is 5.54. The smallest absolute Gasteiger partial charge is 0.181 e. The molecule has 0 bridgehead atoms. The minimum atomic E-state index is 0.411. The summed E-state index contributed by atoms with van der Waals surface area (Å²) in [6, 6.07) is 6.37. The molecule has 0 spiro atoms. The zero-order valence-corrected chi connectivity index (χ0v) is 11.0. The van der Waals surface area contributed by atoms with E-state index in [4.69, 9.17) is 4.42 Å². The van der Waals surface area contributed by atoms with Crippen LogP contribution in [0.15, 0.2) is 41.4 Å². The SMILES string of the molecule is CC(C)NCc1ncoc1-c1cnn2ccccc12. The third-order valence-corrected chi connectivity index (χ3v) is 2.99. The molecular weight excluding hydrogens is 240 g/mol. The van der Waals surface area contributed by atoms with Crippen molar-refractivity contribution in [2.45, 2.75) is 26.4 Å². The number of hydrogen-bond acceptors (Lipinski definition) is 4. The normalized spacial score (nSPS) is 11.5. The van der Waals surface area contributed by atoms with Gasteiger partial charge in [0.1, 0.15) is 5.69 Å². The second-order valence-electron chi connectivity index (χ2n) is 4.75. The molecule has 3 aromatic heterocycles. The highest BCUT2D eigenvalue weighted by Gasteiger charge is 2.15. The van der Waals surface area contributed by atoms with E-state index in [0.29, 0.717) is 12.6 Å². The number of nitrogens with one attached hydrogen (secondary N) is 1. The third-order valence-electron chi connectivity index (χ3n) is 2.99. The molecule has 0 aliphatic heterocycles. The van der Waals surface area contributed by atoms with Crippen molar-refractivity contribution >= 4 is 5.52 Å². The van der Waals surface area contributed by atoms with E-state index in [1.54, 1.807) is 0 Å². The van der Waals surface area contributed by atoms with E-state index in [-0.39, 0.29) is 0 Å². The molecule has 0 fully saturated rings. The molecule has 0 radical (unpaired) electrons. The van der Waals surface area contributed by atoms with E-state index < -0.39 is 0 Å². The Balaban J connectivity index is 2.00. The van der Waals surface area contributed by atoms with Gasteiger partial charge < -0.3 is 9.73 Å². The number of pyridine rings is 1. The number of rotatable bonds is 4. The number of hydrogen-bond donors (Lipinski definition) is 1. The topological polar surface area (TPSA) is 55.4 Å². The van der Waals surface area contributed by atoms with Crippen LogP contribution in [-0.2, 0) is 6.54 Å². The quantitative estimate of drug-likeness (QED) is 0.779. The van der Waals surface area contributed by atoms with Gasteiger partial charge in [0, 0.05) is 18.8 Å². The Bertz CT molecular complexity index is 683. The minimum absolute atomic E-state index is 0.411. The molecule has 19 heavy (non-hydrogen) atoms. The molecule has 0 saturated carbocycles. The molecule has 0 amide bonds. The number of oxazole rings is 1. The Kier molecular flexibility index (Phi) is 3.05. The van der Waals surface area contributed by atoms with E-state index in [9.17, 15) is 0 Å². The first kappa shape index (κ1) is 11.9. The fourth-order valence-corrected chi connectivity index (χ4v) is 2.02. The molecule has 0 unspecified atom stereocenters. The Hall–Kier alpha value is -2.14. The van der Waals surface area contributed by atoms with Crippen molar-refractivity contribution in [3.63, 3.8) is 0 Å². The largest absolute Gasteiger partial charge is 0.443 e. The number of fused-ring (bicyclic) bond motifs is 1. The summed E-state index contributed by atoms with van der Waals surface area (Å²) >= 11 is 0. The molecule has 1 N–H and O–H groups in total. The van der Waals surface area contributed by atoms with E-state index in [1.807, 2.05) is 35.1 Å². The molecule has 0 aliphatic rings. The van der Waals surface area contributed by atoms with Gasteiger partial charge in [-0.15, -0.1) is 0 Å². The summed E-state index contributed by atoms with van der Waals surface area (Å²) in [4.78, 5) is 4.28. The van der Waals surface area contributed by atoms with Crippen LogP contribution in [0.3, 0.4) is 0 Å². The zero-order chi connectivity index (χ0) is 13.2. The summed E-state index contributed by atoms with van der Waals surface area (Å²) < 4.78 is 7.38. The maximum Gasteiger partial charge on any atom is 0.181 e. The van der Waals surface area contributed by atoms with Crippen LogP contribution in [-0.4, -0.2) is 20.6 Å². The van der Waals surface area contributed by atoms with Gasteiger partial charge in [0.05, 0.1) is 17.3 Å². The van der Waals surface area contributed by atoms with E-state index >= 15 is 0 Å². The molecular formula is C14H16N4O. The lowest BCUT2D eigenvalue weighted by atomic mass is 10.1. The highest BCUT2D eigenvalue weighted by atomic mass is 16.3. The van der Waals surface area contributed by atoms with Gasteiger partial charge in [-0.25, -0.2) is 9.50 Å². The van der Waals surface area contributed by atoms with Crippen molar-refractivity contribution in [2.75, 3.05) is 0 Å². The Morgan fingerprint density at radius 2 is 2.26 bits per heavy atom. The zero-order valence-electron chi connectivity index (χ0n) is 11.0. The van der Waals surface area contributed by atoms with Gasteiger partial charge in [0.25, 0.3) is 0 Å². The summed E-state index contributed by atoms with van der Waals surface area (Å²) in [6.07, 6.45) is 5.22.